The zero-order chi connectivity index (χ0) is 18.1. The van der Waals surface area contributed by atoms with Crippen molar-refractivity contribution in [1.82, 2.24) is 24.2 Å². The van der Waals surface area contributed by atoms with Gasteiger partial charge in [-0.2, -0.15) is 8.99 Å². The summed E-state index contributed by atoms with van der Waals surface area (Å²) in [5, 5.41) is 10.4. The molecule has 1 aromatic carbocycles. The highest BCUT2D eigenvalue weighted by Crippen LogP contribution is 2.22. The van der Waals surface area contributed by atoms with E-state index < -0.39 is 10.0 Å². The molecule has 1 fully saturated rings. The highest BCUT2D eigenvalue weighted by molar-refractivity contribution is 7.91. The lowest BCUT2D eigenvalue weighted by Crippen LogP contribution is -2.49. The second kappa shape index (κ2) is 6.88. The predicted molar refractivity (Wildman–Crippen MR) is 98.4 cm³/mol. The maximum atomic E-state index is 12.6. The van der Waals surface area contributed by atoms with Crippen LogP contribution in [0.15, 0.2) is 50.8 Å². The molecule has 3 aromatic rings. The predicted octanol–water partition coefficient (Wildman–Crippen LogP) is 0.817. The highest BCUT2D eigenvalue weighted by atomic mass is 32.2. The summed E-state index contributed by atoms with van der Waals surface area (Å²) in [6.07, 6.45) is 0. The van der Waals surface area contributed by atoms with E-state index in [-0.39, 0.29) is 5.56 Å². The van der Waals surface area contributed by atoms with Gasteiger partial charge < -0.3 is 0 Å². The lowest BCUT2D eigenvalue weighted by atomic mass is 10.2. The third-order valence-corrected chi connectivity index (χ3v) is 7.66. The van der Waals surface area contributed by atoms with Crippen LogP contribution in [0.3, 0.4) is 0 Å². The van der Waals surface area contributed by atoms with Gasteiger partial charge in [-0.3, -0.25) is 9.69 Å². The topological polar surface area (TPSA) is 88.4 Å². The molecular weight excluding hydrogens is 374 g/mol. The number of benzene rings is 1. The van der Waals surface area contributed by atoms with E-state index in [1.165, 1.54) is 20.3 Å². The number of nitrogens with zero attached hydrogens (tertiary/aromatic N) is 5. The summed E-state index contributed by atoms with van der Waals surface area (Å²) in [5.41, 5.74) is 0.379. The second-order valence-electron chi connectivity index (χ2n) is 6.01. The third-order valence-electron chi connectivity index (χ3n) is 4.38. The van der Waals surface area contributed by atoms with Crippen LogP contribution in [-0.4, -0.2) is 58.8 Å². The minimum atomic E-state index is -3.42. The quantitative estimate of drug-likeness (QED) is 0.654. The Kier molecular flexibility index (Phi) is 4.57. The standard InChI is InChI=1S/C16H17N5O3S2/c22-16-13-4-1-2-5-14(13)17-18-21(16)12-19-7-9-20(10-8-19)26(23,24)15-6-3-11-25-15/h1-6,11H,7-10,12H2. The van der Waals surface area contributed by atoms with Crippen molar-refractivity contribution in [2.24, 2.45) is 0 Å². The Labute approximate surface area is 154 Å². The molecule has 0 N–H and O–H groups in total. The fourth-order valence-electron chi connectivity index (χ4n) is 2.95. The number of sulfonamides is 1. The minimum Gasteiger partial charge on any atom is -0.282 e. The molecule has 0 radical (unpaired) electrons. The number of hydrogen-bond donors (Lipinski definition) is 0. The molecule has 2 aromatic heterocycles. The van der Waals surface area contributed by atoms with E-state index in [9.17, 15) is 13.2 Å². The molecule has 1 aliphatic rings. The average molecular weight is 391 g/mol. The van der Waals surface area contributed by atoms with Crippen LogP contribution in [0.5, 0.6) is 0 Å². The van der Waals surface area contributed by atoms with Crippen LogP contribution in [0, 0.1) is 0 Å². The van der Waals surface area contributed by atoms with Crippen LogP contribution in [0.2, 0.25) is 0 Å². The minimum absolute atomic E-state index is 0.191. The molecule has 0 aliphatic carbocycles. The largest absolute Gasteiger partial charge is 0.282 e. The van der Waals surface area contributed by atoms with Crippen molar-refractivity contribution in [3.8, 4) is 0 Å². The van der Waals surface area contributed by atoms with E-state index in [1.54, 1.807) is 35.7 Å². The molecule has 4 rings (SSSR count). The molecule has 8 nitrogen and oxygen atoms in total. The number of piperazine rings is 1. The van der Waals surface area contributed by atoms with Gasteiger partial charge in [-0.15, -0.1) is 16.4 Å². The summed E-state index contributed by atoms with van der Waals surface area (Å²) in [6, 6.07) is 10.4. The molecule has 0 spiro atoms. The van der Waals surface area contributed by atoms with Crippen molar-refractivity contribution in [2.45, 2.75) is 10.9 Å². The van der Waals surface area contributed by atoms with Crippen LogP contribution in [0.25, 0.3) is 10.9 Å². The summed E-state index contributed by atoms with van der Waals surface area (Å²) in [4.78, 5) is 14.5. The fourth-order valence-corrected chi connectivity index (χ4v) is 5.52. The van der Waals surface area contributed by atoms with Gasteiger partial charge in [0.2, 0.25) is 0 Å². The Morgan fingerprint density at radius 3 is 2.54 bits per heavy atom. The van der Waals surface area contributed by atoms with Gasteiger partial charge in [-0.1, -0.05) is 23.4 Å². The summed E-state index contributed by atoms with van der Waals surface area (Å²) in [6.45, 7) is 2.13. The number of rotatable bonds is 4. The van der Waals surface area contributed by atoms with Crippen LogP contribution in [-0.2, 0) is 16.7 Å². The smallest absolute Gasteiger partial charge is 0.278 e. The third kappa shape index (κ3) is 3.16. The van der Waals surface area contributed by atoms with E-state index >= 15 is 0 Å². The zero-order valence-corrected chi connectivity index (χ0v) is 15.5. The number of aromatic nitrogens is 3. The molecule has 0 bridgehead atoms. The summed E-state index contributed by atoms with van der Waals surface area (Å²) >= 11 is 1.22. The molecule has 26 heavy (non-hydrogen) atoms. The second-order valence-corrected chi connectivity index (χ2v) is 9.12. The molecule has 0 saturated carbocycles. The first kappa shape index (κ1) is 17.3. The van der Waals surface area contributed by atoms with E-state index in [0.29, 0.717) is 48.0 Å². The van der Waals surface area contributed by atoms with E-state index in [1.807, 2.05) is 11.0 Å². The van der Waals surface area contributed by atoms with Crippen LogP contribution < -0.4 is 5.56 Å². The number of thiophene rings is 1. The van der Waals surface area contributed by atoms with Gasteiger partial charge in [0, 0.05) is 26.2 Å². The van der Waals surface area contributed by atoms with Crippen molar-refractivity contribution in [3.05, 3.63) is 52.1 Å². The molecular formula is C16H17N5O3S2. The monoisotopic (exact) mass is 391 g/mol. The Morgan fingerprint density at radius 1 is 1.04 bits per heavy atom. The van der Waals surface area contributed by atoms with Crippen LogP contribution in [0.4, 0.5) is 0 Å². The fraction of sp³-hybridized carbons (Fsp3) is 0.312. The molecule has 0 amide bonds. The lowest BCUT2D eigenvalue weighted by molar-refractivity contribution is 0.141. The van der Waals surface area contributed by atoms with E-state index in [2.05, 4.69) is 10.3 Å². The Bertz CT molecular complexity index is 1070. The van der Waals surface area contributed by atoms with Crippen LogP contribution in [0.1, 0.15) is 0 Å². The Morgan fingerprint density at radius 2 is 1.81 bits per heavy atom. The zero-order valence-electron chi connectivity index (χ0n) is 13.9. The first-order chi connectivity index (χ1) is 12.6. The maximum absolute atomic E-state index is 12.6. The summed E-state index contributed by atoms with van der Waals surface area (Å²) < 4.78 is 28.3. The van der Waals surface area contributed by atoms with E-state index in [4.69, 9.17) is 0 Å². The summed E-state index contributed by atoms with van der Waals surface area (Å²) in [5.74, 6) is 0. The van der Waals surface area contributed by atoms with Crippen molar-refractivity contribution < 1.29 is 8.42 Å². The van der Waals surface area contributed by atoms with Crippen LogP contribution >= 0.6 is 11.3 Å². The van der Waals surface area contributed by atoms with Gasteiger partial charge in [-0.25, -0.2) is 8.42 Å². The number of fused-ring (bicyclic) bond motifs is 1. The SMILES string of the molecule is O=c1c2ccccc2nnn1CN1CCN(S(=O)(=O)c2cccs2)CC1. The molecule has 1 saturated heterocycles. The molecule has 10 heteroatoms. The van der Waals surface area contributed by atoms with Gasteiger partial charge in [-0.05, 0) is 23.6 Å². The van der Waals surface area contributed by atoms with Crippen molar-refractivity contribution in [1.29, 1.82) is 0 Å². The van der Waals surface area contributed by atoms with Gasteiger partial charge in [0.1, 0.15) is 9.73 Å². The maximum Gasteiger partial charge on any atom is 0.278 e. The molecule has 136 valence electrons. The lowest BCUT2D eigenvalue weighted by Gasteiger charge is -2.33. The van der Waals surface area contributed by atoms with E-state index in [0.717, 1.165) is 0 Å². The molecule has 3 heterocycles. The average Bonchev–Trinajstić information content (AvgIpc) is 3.20. The first-order valence-electron chi connectivity index (χ1n) is 8.14. The Hall–Kier alpha value is -2.14. The number of hydrogen-bond acceptors (Lipinski definition) is 7. The molecule has 0 atom stereocenters. The molecule has 0 unspecified atom stereocenters. The van der Waals surface area contributed by atoms with Crippen molar-refractivity contribution in [2.75, 3.05) is 26.2 Å². The van der Waals surface area contributed by atoms with Gasteiger partial charge in [0.25, 0.3) is 15.6 Å². The van der Waals surface area contributed by atoms with Crippen molar-refractivity contribution >= 4 is 32.3 Å². The van der Waals surface area contributed by atoms with Gasteiger partial charge in [0.05, 0.1) is 12.1 Å². The summed E-state index contributed by atoms with van der Waals surface area (Å²) in [7, 11) is -3.42. The first-order valence-corrected chi connectivity index (χ1v) is 10.5. The van der Waals surface area contributed by atoms with Gasteiger partial charge in [0.15, 0.2) is 0 Å². The van der Waals surface area contributed by atoms with Gasteiger partial charge >= 0.3 is 0 Å². The highest BCUT2D eigenvalue weighted by Gasteiger charge is 2.29. The molecule has 1 aliphatic heterocycles. The normalized spacial score (nSPS) is 16.9. The Balaban J connectivity index is 1.46. The van der Waals surface area contributed by atoms with Crippen molar-refractivity contribution in [3.63, 3.8) is 0 Å².